The first-order valence-corrected chi connectivity index (χ1v) is 7.55. The van der Waals surface area contributed by atoms with E-state index in [1.54, 1.807) is 18.5 Å². The molecule has 5 heteroatoms. The number of carbonyl (C=O) groups excluding carboxylic acids is 1. The van der Waals surface area contributed by atoms with Crippen molar-refractivity contribution in [2.75, 3.05) is 6.61 Å². The predicted octanol–water partition coefficient (Wildman–Crippen LogP) is 3.30. The second kappa shape index (κ2) is 7.80. The molecule has 1 aromatic heterocycles. The van der Waals surface area contributed by atoms with E-state index in [2.05, 4.69) is 10.3 Å². The Morgan fingerprint density at radius 3 is 2.91 bits per heavy atom. The van der Waals surface area contributed by atoms with E-state index in [1.807, 2.05) is 32.0 Å². The molecule has 0 bridgehead atoms. The number of aromatic nitrogens is 1. The third kappa shape index (κ3) is 4.46. The molecule has 1 N–H and O–H groups in total. The summed E-state index contributed by atoms with van der Waals surface area (Å²) in [5.41, 5.74) is 2.83. The van der Waals surface area contributed by atoms with E-state index in [-0.39, 0.29) is 12.3 Å². The van der Waals surface area contributed by atoms with Crippen molar-refractivity contribution in [3.8, 4) is 5.75 Å². The van der Waals surface area contributed by atoms with Crippen molar-refractivity contribution >= 4 is 17.5 Å². The Labute approximate surface area is 135 Å². The maximum absolute atomic E-state index is 12.1. The Balaban J connectivity index is 1.99. The molecule has 0 unspecified atom stereocenters. The monoisotopic (exact) mass is 318 g/mol. The van der Waals surface area contributed by atoms with Gasteiger partial charge in [-0.15, -0.1) is 0 Å². The van der Waals surface area contributed by atoms with Crippen LogP contribution in [0.1, 0.15) is 23.6 Å². The summed E-state index contributed by atoms with van der Waals surface area (Å²) in [4.78, 5) is 16.2. The van der Waals surface area contributed by atoms with Gasteiger partial charge < -0.3 is 10.1 Å². The number of benzene rings is 1. The van der Waals surface area contributed by atoms with Crippen LogP contribution in [0.5, 0.6) is 5.75 Å². The zero-order valence-corrected chi connectivity index (χ0v) is 13.5. The summed E-state index contributed by atoms with van der Waals surface area (Å²) < 4.78 is 5.53. The van der Waals surface area contributed by atoms with Crippen molar-refractivity contribution in [1.82, 2.24) is 10.3 Å². The van der Waals surface area contributed by atoms with Crippen LogP contribution in [0.4, 0.5) is 0 Å². The molecule has 0 saturated carbocycles. The zero-order valence-electron chi connectivity index (χ0n) is 12.7. The lowest BCUT2D eigenvalue weighted by atomic mass is 10.1. The van der Waals surface area contributed by atoms with Gasteiger partial charge in [-0.3, -0.25) is 9.78 Å². The van der Waals surface area contributed by atoms with Crippen molar-refractivity contribution in [2.45, 2.75) is 26.8 Å². The fourth-order valence-electron chi connectivity index (χ4n) is 2.15. The lowest BCUT2D eigenvalue weighted by Crippen LogP contribution is -2.25. The second-order valence-corrected chi connectivity index (χ2v) is 5.39. The van der Waals surface area contributed by atoms with E-state index >= 15 is 0 Å². The molecule has 0 spiro atoms. The van der Waals surface area contributed by atoms with Gasteiger partial charge in [-0.25, -0.2) is 0 Å². The maximum Gasteiger partial charge on any atom is 0.224 e. The van der Waals surface area contributed by atoms with Crippen LogP contribution in [0, 0.1) is 6.92 Å². The highest BCUT2D eigenvalue weighted by molar-refractivity contribution is 6.32. The van der Waals surface area contributed by atoms with Crippen LogP contribution in [-0.2, 0) is 17.8 Å². The highest BCUT2D eigenvalue weighted by atomic mass is 35.5. The number of amides is 1. The average molecular weight is 319 g/mol. The van der Waals surface area contributed by atoms with Crippen LogP contribution >= 0.6 is 11.6 Å². The highest BCUT2D eigenvalue weighted by Crippen LogP contribution is 2.29. The van der Waals surface area contributed by atoms with Crippen molar-refractivity contribution < 1.29 is 9.53 Å². The third-order valence-corrected chi connectivity index (χ3v) is 3.41. The summed E-state index contributed by atoms with van der Waals surface area (Å²) in [6, 6.07) is 7.42. The van der Waals surface area contributed by atoms with Crippen molar-refractivity contribution in [3.63, 3.8) is 0 Å². The van der Waals surface area contributed by atoms with Crippen LogP contribution < -0.4 is 10.1 Å². The Hall–Kier alpha value is -2.07. The molecule has 2 aromatic rings. The number of pyridine rings is 1. The lowest BCUT2D eigenvalue weighted by Gasteiger charge is -2.12. The second-order valence-electron chi connectivity index (χ2n) is 4.99. The quantitative estimate of drug-likeness (QED) is 0.889. The lowest BCUT2D eigenvalue weighted by molar-refractivity contribution is -0.120. The molecule has 1 heterocycles. The predicted molar refractivity (Wildman–Crippen MR) is 87.1 cm³/mol. The van der Waals surface area contributed by atoms with Crippen LogP contribution in [0.25, 0.3) is 0 Å². The molecule has 0 radical (unpaired) electrons. The van der Waals surface area contributed by atoms with Gasteiger partial charge >= 0.3 is 0 Å². The Morgan fingerprint density at radius 2 is 2.18 bits per heavy atom. The normalized spacial score (nSPS) is 10.3. The molecule has 4 nitrogen and oxygen atoms in total. The first kappa shape index (κ1) is 16.3. The maximum atomic E-state index is 12.1. The van der Waals surface area contributed by atoms with Crippen LogP contribution in [0.15, 0.2) is 36.7 Å². The molecule has 0 aliphatic rings. The number of nitrogens with zero attached hydrogens (tertiary/aromatic N) is 1. The van der Waals surface area contributed by atoms with Crippen molar-refractivity contribution in [3.05, 3.63) is 58.4 Å². The molecule has 0 fully saturated rings. The van der Waals surface area contributed by atoms with Gasteiger partial charge in [0.2, 0.25) is 5.91 Å². The van der Waals surface area contributed by atoms with Crippen LogP contribution in [0.3, 0.4) is 0 Å². The molecule has 22 heavy (non-hydrogen) atoms. The summed E-state index contributed by atoms with van der Waals surface area (Å²) in [6.07, 6.45) is 3.76. The molecular weight excluding hydrogens is 300 g/mol. The summed E-state index contributed by atoms with van der Waals surface area (Å²) in [6.45, 7) is 4.82. The van der Waals surface area contributed by atoms with Gasteiger partial charge in [0.05, 0.1) is 18.1 Å². The number of aryl methyl sites for hydroxylation is 1. The van der Waals surface area contributed by atoms with Crippen molar-refractivity contribution in [1.29, 1.82) is 0 Å². The number of rotatable bonds is 6. The standard InChI is InChI=1S/C17H19ClN2O2/c1-3-22-17-14(5-4-6-15(17)18)8-16(21)20-11-13-7-12(2)9-19-10-13/h4-7,9-10H,3,8,11H2,1-2H3,(H,20,21). The topological polar surface area (TPSA) is 51.2 Å². The molecule has 0 aliphatic carbocycles. The fourth-order valence-corrected chi connectivity index (χ4v) is 2.40. The van der Waals surface area contributed by atoms with Gasteiger partial charge in [0.1, 0.15) is 5.75 Å². The summed E-state index contributed by atoms with van der Waals surface area (Å²) in [7, 11) is 0. The minimum absolute atomic E-state index is 0.0790. The molecule has 1 amide bonds. The van der Waals surface area contributed by atoms with E-state index in [0.29, 0.717) is 23.9 Å². The molecular formula is C17H19ClN2O2. The van der Waals surface area contributed by atoms with Crippen LogP contribution in [0.2, 0.25) is 5.02 Å². The van der Waals surface area contributed by atoms with E-state index < -0.39 is 0 Å². The Kier molecular flexibility index (Phi) is 5.78. The van der Waals surface area contributed by atoms with Crippen LogP contribution in [-0.4, -0.2) is 17.5 Å². The smallest absolute Gasteiger partial charge is 0.224 e. The summed E-state index contributed by atoms with van der Waals surface area (Å²) in [5, 5.41) is 3.41. The highest BCUT2D eigenvalue weighted by Gasteiger charge is 2.12. The molecule has 0 aliphatic heterocycles. The fraction of sp³-hybridized carbons (Fsp3) is 0.294. The van der Waals surface area contributed by atoms with E-state index in [0.717, 1.165) is 16.7 Å². The number of hydrogen-bond donors (Lipinski definition) is 1. The third-order valence-electron chi connectivity index (χ3n) is 3.11. The summed E-state index contributed by atoms with van der Waals surface area (Å²) in [5.74, 6) is 0.503. The van der Waals surface area contributed by atoms with E-state index in [4.69, 9.17) is 16.3 Å². The van der Waals surface area contributed by atoms with Crippen molar-refractivity contribution in [2.24, 2.45) is 0 Å². The molecule has 1 aromatic carbocycles. The van der Waals surface area contributed by atoms with Gasteiger partial charge in [-0.05, 0) is 31.0 Å². The SMILES string of the molecule is CCOc1c(Cl)cccc1CC(=O)NCc1cncc(C)c1. The first-order chi connectivity index (χ1) is 10.6. The number of carbonyl (C=O) groups is 1. The average Bonchev–Trinajstić information content (AvgIpc) is 2.49. The number of nitrogens with one attached hydrogen (secondary N) is 1. The van der Waals surface area contributed by atoms with E-state index in [1.165, 1.54) is 0 Å². The van der Waals surface area contributed by atoms with Gasteiger partial charge in [0.15, 0.2) is 0 Å². The largest absolute Gasteiger partial charge is 0.492 e. The first-order valence-electron chi connectivity index (χ1n) is 7.17. The molecule has 116 valence electrons. The number of halogens is 1. The van der Waals surface area contributed by atoms with Gasteiger partial charge in [0.25, 0.3) is 0 Å². The molecule has 2 rings (SSSR count). The van der Waals surface area contributed by atoms with E-state index in [9.17, 15) is 4.79 Å². The van der Waals surface area contributed by atoms with Gasteiger partial charge in [0, 0.05) is 24.5 Å². The Bertz CT molecular complexity index is 659. The molecule has 0 saturated heterocycles. The number of para-hydroxylation sites is 1. The summed E-state index contributed by atoms with van der Waals surface area (Å²) >= 11 is 6.12. The zero-order chi connectivity index (χ0) is 15.9. The minimum atomic E-state index is -0.0790. The minimum Gasteiger partial charge on any atom is -0.492 e. The van der Waals surface area contributed by atoms with Gasteiger partial charge in [-0.2, -0.15) is 0 Å². The molecule has 0 atom stereocenters. The number of ether oxygens (including phenoxy) is 1. The Morgan fingerprint density at radius 1 is 1.36 bits per heavy atom. The number of hydrogen-bond acceptors (Lipinski definition) is 3. The van der Waals surface area contributed by atoms with Gasteiger partial charge in [-0.1, -0.05) is 29.8 Å².